The highest BCUT2D eigenvalue weighted by Crippen LogP contribution is 2.42. The zero-order chi connectivity index (χ0) is 14.2. The second-order valence-corrected chi connectivity index (χ2v) is 6.20. The monoisotopic (exact) mass is 270 g/mol. The Morgan fingerprint density at radius 2 is 2.10 bits per heavy atom. The lowest BCUT2D eigenvalue weighted by atomic mass is 9.64. The van der Waals surface area contributed by atoms with Gasteiger partial charge in [-0.1, -0.05) is 32.0 Å². The van der Waals surface area contributed by atoms with E-state index < -0.39 is 0 Å². The van der Waals surface area contributed by atoms with E-state index in [1.807, 2.05) is 12.3 Å². The van der Waals surface area contributed by atoms with Crippen LogP contribution in [0, 0.1) is 5.41 Å². The van der Waals surface area contributed by atoms with E-state index in [1.54, 1.807) is 7.11 Å². The van der Waals surface area contributed by atoms with Gasteiger partial charge in [-0.3, -0.25) is 4.98 Å². The SMILES string of the molecule is COC1CC(NCc2ccnc3ccccc23)C1(C)C. The third kappa shape index (κ3) is 2.21. The normalized spacial score (nSPS) is 24.6. The van der Waals surface area contributed by atoms with Crippen LogP contribution in [0.15, 0.2) is 36.5 Å². The molecule has 0 aliphatic heterocycles. The van der Waals surface area contributed by atoms with Crippen molar-refractivity contribution in [3.05, 3.63) is 42.1 Å². The number of nitrogens with one attached hydrogen (secondary N) is 1. The second-order valence-electron chi connectivity index (χ2n) is 6.20. The van der Waals surface area contributed by atoms with Crippen LogP contribution in [0.5, 0.6) is 0 Å². The zero-order valence-corrected chi connectivity index (χ0v) is 12.4. The molecular formula is C17H22N2O. The maximum atomic E-state index is 5.50. The van der Waals surface area contributed by atoms with Crippen LogP contribution < -0.4 is 5.32 Å². The predicted molar refractivity (Wildman–Crippen MR) is 81.6 cm³/mol. The molecule has 2 aromatic rings. The Bertz CT molecular complexity index is 603. The van der Waals surface area contributed by atoms with Crippen LogP contribution in [-0.2, 0) is 11.3 Å². The first-order valence-corrected chi connectivity index (χ1v) is 7.21. The molecule has 3 heteroatoms. The minimum atomic E-state index is 0.206. The Balaban J connectivity index is 1.72. The number of para-hydroxylation sites is 1. The molecule has 0 radical (unpaired) electrons. The molecule has 2 atom stereocenters. The molecule has 0 saturated heterocycles. The number of fused-ring (bicyclic) bond motifs is 1. The fourth-order valence-electron chi connectivity index (χ4n) is 3.17. The van der Waals surface area contributed by atoms with E-state index >= 15 is 0 Å². The summed E-state index contributed by atoms with van der Waals surface area (Å²) >= 11 is 0. The van der Waals surface area contributed by atoms with E-state index in [-0.39, 0.29) is 5.41 Å². The topological polar surface area (TPSA) is 34.1 Å². The van der Waals surface area contributed by atoms with Crippen molar-refractivity contribution in [2.75, 3.05) is 7.11 Å². The third-order valence-corrected chi connectivity index (χ3v) is 4.74. The Morgan fingerprint density at radius 3 is 2.85 bits per heavy atom. The molecule has 1 fully saturated rings. The lowest BCUT2D eigenvalue weighted by Crippen LogP contribution is -2.60. The van der Waals surface area contributed by atoms with Crippen molar-refractivity contribution in [1.82, 2.24) is 10.3 Å². The number of ether oxygens (including phenoxy) is 1. The predicted octanol–water partition coefficient (Wildman–Crippen LogP) is 3.14. The summed E-state index contributed by atoms with van der Waals surface area (Å²) < 4.78 is 5.50. The van der Waals surface area contributed by atoms with E-state index in [0.29, 0.717) is 12.1 Å². The molecule has 106 valence electrons. The van der Waals surface area contributed by atoms with E-state index in [1.165, 1.54) is 10.9 Å². The van der Waals surface area contributed by atoms with E-state index in [0.717, 1.165) is 18.5 Å². The van der Waals surface area contributed by atoms with Gasteiger partial charge < -0.3 is 10.1 Å². The highest BCUT2D eigenvalue weighted by Gasteiger charge is 2.48. The van der Waals surface area contributed by atoms with Crippen molar-refractivity contribution in [3.63, 3.8) is 0 Å². The van der Waals surface area contributed by atoms with Gasteiger partial charge in [0.1, 0.15) is 0 Å². The van der Waals surface area contributed by atoms with Gasteiger partial charge in [0, 0.05) is 36.7 Å². The fourth-order valence-corrected chi connectivity index (χ4v) is 3.17. The summed E-state index contributed by atoms with van der Waals surface area (Å²) in [6.07, 6.45) is 3.35. The average Bonchev–Trinajstić information content (AvgIpc) is 2.46. The molecule has 1 aromatic carbocycles. The van der Waals surface area contributed by atoms with Gasteiger partial charge in [0.25, 0.3) is 0 Å². The Kier molecular flexibility index (Phi) is 3.48. The van der Waals surface area contributed by atoms with E-state index in [2.05, 4.69) is 48.4 Å². The first kappa shape index (κ1) is 13.5. The maximum Gasteiger partial charge on any atom is 0.0705 e. The maximum absolute atomic E-state index is 5.50. The molecule has 1 N–H and O–H groups in total. The van der Waals surface area contributed by atoms with Crippen LogP contribution in [0.4, 0.5) is 0 Å². The van der Waals surface area contributed by atoms with Crippen molar-refractivity contribution in [2.45, 2.75) is 39.0 Å². The van der Waals surface area contributed by atoms with Crippen LogP contribution in [-0.4, -0.2) is 24.2 Å². The van der Waals surface area contributed by atoms with E-state index in [4.69, 9.17) is 4.74 Å². The molecule has 2 unspecified atom stereocenters. The lowest BCUT2D eigenvalue weighted by molar-refractivity contribution is -0.0978. The average molecular weight is 270 g/mol. The summed E-state index contributed by atoms with van der Waals surface area (Å²) in [5, 5.41) is 4.91. The smallest absolute Gasteiger partial charge is 0.0705 e. The van der Waals surface area contributed by atoms with Crippen LogP contribution in [0.1, 0.15) is 25.8 Å². The van der Waals surface area contributed by atoms with Gasteiger partial charge in [-0.25, -0.2) is 0 Å². The van der Waals surface area contributed by atoms with Gasteiger partial charge in [-0.2, -0.15) is 0 Å². The third-order valence-electron chi connectivity index (χ3n) is 4.74. The molecule has 1 aromatic heterocycles. The molecule has 1 aliphatic carbocycles. The molecule has 1 aliphatic rings. The minimum Gasteiger partial charge on any atom is -0.381 e. The molecule has 3 nitrogen and oxygen atoms in total. The summed E-state index contributed by atoms with van der Waals surface area (Å²) in [4.78, 5) is 4.41. The number of hydrogen-bond donors (Lipinski definition) is 1. The minimum absolute atomic E-state index is 0.206. The summed E-state index contributed by atoms with van der Waals surface area (Å²) in [7, 11) is 1.80. The Labute approximate surface area is 120 Å². The largest absolute Gasteiger partial charge is 0.381 e. The number of nitrogens with zero attached hydrogens (tertiary/aromatic N) is 1. The van der Waals surface area contributed by atoms with Crippen LogP contribution in [0.25, 0.3) is 10.9 Å². The van der Waals surface area contributed by atoms with Gasteiger partial charge in [-0.05, 0) is 24.1 Å². The first-order chi connectivity index (χ1) is 9.63. The number of rotatable bonds is 4. The summed E-state index contributed by atoms with van der Waals surface area (Å²) in [6, 6.07) is 10.9. The van der Waals surface area contributed by atoms with Crippen molar-refractivity contribution >= 4 is 10.9 Å². The zero-order valence-electron chi connectivity index (χ0n) is 12.4. The van der Waals surface area contributed by atoms with Gasteiger partial charge in [0.05, 0.1) is 11.6 Å². The number of hydrogen-bond acceptors (Lipinski definition) is 3. The molecule has 0 spiro atoms. The summed E-state index contributed by atoms with van der Waals surface area (Å²) in [5.41, 5.74) is 2.58. The number of methoxy groups -OCH3 is 1. The van der Waals surface area contributed by atoms with Crippen molar-refractivity contribution in [3.8, 4) is 0 Å². The summed E-state index contributed by atoms with van der Waals surface area (Å²) in [6.45, 7) is 5.42. The number of benzene rings is 1. The molecular weight excluding hydrogens is 248 g/mol. The van der Waals surface area contributed by atoms with Gasteiger partial charge in [-0.15, -0.1) is 0 Å². The summed E-state index contributed by atoms with van der Waals surface area (Å²) in [5.74, 6) is 0. The molecule has 1 saturated carbocycles. The van der Waals surface area contributed by atoms with Crippen LogP contribution in [0.3, 0.4) is 0 Å². The number of pyridine rings is 1. The second kappa shape index (κ2) is 5.15. The van der Waals surface area contributed by atoms with Gasteiger partial charge in [0.15, 0.2) is 0 Å². The highest BCUT2D eigenvalue weighted by atomic mass is 16.5. The molecule has 0 amide bonds. The molecule has 1 heterocycles. The van der Waals surface area contributed by atoms with Crippen molar-refractivity contribution in [2.24, 2.45) is 5.41 Å². The molecule has 20 heavy (non-hydrogen) atoms. The van der Waals surface area contributed by atoms with Crippen LogP contribution in [0.2, 0.25) is 0 Å². The standard InChI is InChI=1S/C17H22N2O/c1-17(2)15(10-16(17)20-3)19-11-12-8-9-18-14-7-5-4-6-13(12)14/h4-9,15-16,19H,10-11H2,1-3H3. The van der Waals surface area contributed by atoms with Crippen LogP contribution >= 0.6 is 0 Å². The van der Waals surface area contributed by atoms with Crippen molar-refractivity contribution < 1.29 is 4.74 Å². The van der Waals surface area contributed by atoms with E-state index in [9.17, 15) is 0 Å². The highest BCUT2D eigenvalue weighted by molar-refractivity contribution is 5.81. The van der Waals surface area contributed by atoms with Gasteiger partial charge >= 0.3 is 0 Å². The van der Waals surface area contributed by atoms with Crippen molar-refractivity contribution in [1.29, 1.82) is 0 Å². The van der Waals surface area contributed by atoms with Gasteiger partial charge in [0.2, 0.25) is 0 Å². The Morgan fingerprint density at radius 1 is 1.30 bits per heavy atom. The Hall–Kier alpha value is -1.45. The number of aromatic nitrogens is 1. The first-order valence-electron chi connectivity index (χ1n) is 7.21. The molecule has 3 rings (SSSR count). The quantitative estimate of drug-likeness (QED) is 0.926. The lowest BCUT2D eigenvalue weighted by Gasteiger charge is -2.51. The fraction of sp³-hybridized carbons (Fsp3) is 0.471. The molecule has 0 bridgehead atoms.